The molecule has 0 aromatic heterocycles. The summed E-state index contributed by atoms with van der Waals surface area (Å²) in [5.74, 6) is -0.189. The molecule has 2 N–H and O–H groups in total. The Bertz CT molecular complexity index is 429. The third-order valence-corrected chi connectivity index (χ3v) is 3.70. The molecule has 1 amide bonds. The standard InChI is InChI=1S/C15H22FN3O/c1-19(14-7-8-17-10-14)11-15(20)18-9-6-12-2-4-13(16)5-3-12/h2-5,14,17H,6-11H2,1H3,(H,18,20). The number of hydrogen-bond acceptors (Lipinski definition) is 3. The zero-order valence-electron chi connectivity index (χ0n) is 11.9. The average Bonchev–Trinajstić information content (AvgIpc) is 2.95. The second kappa shape index (κ2) is 7.36. The summed E-state index contributed by atoms with van der Waals surface area (Å²) in [5.41, 5.74) is 1.03. The van der Waals surface area contributed by atoms with Crippen LogP contribution in [0.25, 0.3) is 0 Å². The summed E-state index contributed by atoms with van der Waals surface area (Å²) in [6.45, 7) is 3.00. The second-order valence-electron chi connectivity index (χ2n) is 5.29. The van der Waals surface area contributed by atoms with Crippen molar-refractivity contribution in [2.24, 2.45) is 0 Å². The van der Waals surface area contributed by atoms with E-state index in [9.17, 15) is 9.18 Å². The van der Waals surface area contributed by atoms with Crippen molar-refractivity contribution >= 4 is 5.91 Å². The maximum Gasteiger partial charge on any atom is 0.234 e. The molecule has 1 fully saturated rings. The zero-order chi connectivity index (χ0) is 14.4. The van der Waals surface area contributed by atoms with Gasteiger partial charge in [-0.1, -0.05) is 12.1 Å². The number of amides is 1. The minimum Gasteiger partial charge on any atom is -0.355 e. The van der Waals surface area contributed by atoms with Crippen molar-refractivity contribution in [3.8, 4) is 0 Å². The van der Waals surface area contributed by atoms with Gasteiger partial charge in [-0.2, -0.15) is 0 Å². The predicted molar refractivity (Wildman–Crippen MR) is 77.0 cm³/mol. The predicted octanol–water partition coefficient (Wildman–Crippen LogP) is 0.778. The van der Waals surface area contributed by atoms with Gasteiger partial charge in [0.05, 0.1) is 6.54 Å². The fourth-order valence-electron chi connectivity index (χ4n) is 2.42. The molecular formula is C15H22FN3O. The number of likely N-dealkylation sites (N-methyl/N-ethyl adjacent to an activating group) is 1. The van der Waals surface area contributed by atoms with Crippen LogP contribution < -0.4 is 10.6 Å². The Hall–Kier alpha value is -1.46. The molecule has 1 aliphatic heterocycles. The quantitative estimate of drug-likeness (QED) is 0.809. The topological polar surface area (TPSA) is 44.4 Å². The fourth-order valence-corrected chi connectivity index (χ4v) is 2.42. The van der Waals surface area contributed by atoms with Crippen molar-refractivity contribution in [2.45, 2.75) is 18.9 Å². The molecule has 110 valence electrons. The largest absolute Gasteiger partial charge is 0.355 e. The maximum atomic E-state index is 12.7. The zero-order valence-corrected chi connectivity index (χ0v) is 11.9. The molecule has 4 nitrogen and oxygen atoms in total. The van der Waals surface area contributed by atoms with Crippen molar-refractivity contribution in [2.75, 3.05) is 33.2 Å². The van der Waals surface area contributed by atoms with Gasteiger partial charge in [0, 0.05) is 19.1 Å². The van der Waals surface area contributed by atoms with E-state index in [2.05, 4.69) is 15.5 Å². The Kier molecular flexibility index (Phi) is 5.49. The van der Waals surface area contributed by atoms with Gasteiger partial charge in [-0.3, -0.25) is 9.69 Å². The molecule has 2 rings (SSSR count). The number of nitrogens with zero attached hydrogens (tertiary/aromatic N) is 1. The van der Waals surface area contributed by atoms with Crippen LogP contribution in [-0.2, 0) is 11.2 Å². The number of benzene rings is 1. The Morgan fingerprint density at radius 1 is 1.45 bits per heavy atom. The molecule has 1 aliphatic rings. The molecule has 1 saturated heterocycles. The summed E-state index contributed by atoms with van der Waals surface area (Å²) in [7, 11) is 1.98. The number of hydrogen-bond donors (Lipinski definition) is 2. The van der Waals surface area contributed by atoms with Crippen LogP contribution >= 0.6 is 0 Å². The highest BCUT2D eigenvalue weighted by Gasteiger charge is 2.20. The molecule has 20 heavy (non-hydrogen) atoms. The van der Waals surface area contributed by atoms with Gasteiger partial charge in [-0.25, -0.2) is 4.39 Å². The van der Waals surface area contributed by atoms with E-state index < -0.39 is 0 Å². The Morgan fingerprint density at radius 2 is 2.20 bits per heavy atom. The second-order valence-corrected chi connectivity index (χ2v) is 5.29. The molecule has 1 aromatic carbocycles. The molecule has 0 radical (unpaired) electrons. The van der Waals surface area contributed by atoms with Gasteiger partial charge in [-0.05, 0) is 44.1 Å². The van der Waals surface area contributed by atoms with Crippen LogP contribution in [-0.4, -0.2) is 50.1 Å². The maximum absolute atomic E-state index is 12.7. The highest BCUT2D eigenvalue weighted by molar-refractivity contribution is 5.78. The summed E-state index contributed by atoms with van der Waals surface area (Å²) in [5, 5.41) is 6.20. The van der Waals surface area contributed by atoms with Crippen molar-refractivity contribution in [3.05, 3.63) is 35.6 Å². The van der Waals surface area contributed by atoms with Gasteiger partial charge in [0.1, 0.15) is 5.82 Å². The van der Waals surface area contributed by atoms with Crippen molar-refractivity contribution in [3.63, 3.8) is 0 Å². The average molecular weight is 279 g/mol. The lowest BCUT2D eigenvalue weighted by Gasteiger charge is -2.22. The first-order valence-electron chi connectivity index (χ1n) is 7.07. The van der Waals surface area contributed by atoms with Crippen molar-refractivity contribution in [1.29, 1.82) is 0 Å². The minimum absolute atomic E-state index is 0.0431. The molecule has 0 spiro atoms. The molecule has 1 unspecified atom stereocenters. The normalized spacial score (nSPS) is 18.4. The van der Waals surface area contributed by atoms with Crippen molar-refractivity contribution < 1.29 is 9.18 Å². The lowest BCUT2D eigenvalue weighted by atomic mass is 10.1. The molecular weight excluding hydrogens is 257 g/mol. The first-order valence-corrected chi connectivity index (χ1v) is 7.07. The van der Waals surface area contributed by atoms with Crippen LogP contribution in [0.1, 0.15) is 12.0 Å². The molecule has 1 heterocycles. The molecule has 1 atom stereocenters. The number of rotatable bonds is 6. The number of carbonyl (C=O) groups is 1. The molecule has 0 saturated carbocycles. The van der Waals surface area contributed by atoms with Crippen LogP contribution in [0.3, 0.4) is 0 Å². The minimum atomic E-state index is -0.232. The highest BCUT2D eigenvalue weighted by atomic mass is 19.1. The van der Waals surface area contributed by atoms with E-state index in [-0.39, 0.29) is 11.7 Å². The Morgan fingerprint density at radius 3 is 2.85 bits per heavy atom. The third kappa shape index (κ3) is 4.58. The fraction of sp³-hybridized carbons (Fsp3) is 0.533. The molecule has 0 bridgehead atoms. The Labute approximate surface area is 119 Å². The SMILES string of the molecule is CN(CC(=O)NCCc1ccc(F)cc1)C1CCNC1. The number of carbonyl (C=O) groups excluding carboxylic acids is 1. The highest BCUT2D eigenvalue weighted by Crippen LogP contribution is 2.05. The van der Waals surface area contributed by atoms with E-state index in [4.69, 9.17) is 0 Å². The lowest BCUT2D eigenvalue weighted by molar-refractivity contribution is -0.122. The van der Waals surface area contributed by atoms with E-state index in [1.165, 1.54) is 12.1 Å². The van der Waals surface area contributed by atoms with Crippen molar-refractivity contribution in [1.82, 2.24) is 15.5 Å². The van der Waals surface area contributed by atoms with Gasteiger partial charge in [0.2, 0.25) is 5.91 Å². The Balaban J connectivity index is 1.65. The first-order chi connectivity index (χ1) is 9.65. The van der Waals surface area contributed by atoms with Gasteiger partial charge < -0.3 is 10.6 Å². The summed E-state index contributed by atoms with van der Waals surface area (Å²) < 4.78 is 12.7. The molecule has 1 aromatic rings. The smallest absolute Gasteiger partial charge is 0.234 e. The summed E-state index contributed by atoms with van der Waals surface area (Å²) >= 11 is 0. The van der Waals surface area contributed by atoms with E-state index in [1.54, 1.807) is 12.1 Å². The van der Waals surface area contributed by atoms with Crippen LogP contribution in [0.2, 0.25) is 0 Å². The summed E-state index contributed by atoms with van der Waals surface area (Å²) in [4.78, 5) is 13.9. The first kappa shape index (κ1) is 14.9. The van der Waals surface area contributed by atoms with Crippen LogP contribution in [0.5, 0.6) is 0 Å². The van der Waals surface area contributed by atoms with Crippen LogP contribution in [0.4, 0.5) is 4.39 Å². The van der Waals surface area contributed by atoms with E-state index in [1.807, 2.05) is 7.05 Å². The van der Waals surface area contributed by atoms with Crippen LogP contribution in [0, 0.1) is 5.82 Å². The third-order valence-electron chi connectivity index (χ3n) is 3.70. The monoisotopic (exact) mass is 279 g/mol. The van der Waals surface area contributed by atoms with Gasteiger partial charge >= 0.3 is 0 Å². The van der Waals surface area contributed by atoms with Gasteiger partial charge in [-0.15, -0.1) is 0 Å². The van der Waals surface area contributed by atoms with Gasteiger partial charge in [0.15, 0.2) is 0 Å². The summed E-state index contributed by atoms with van der Waals surface area (Å²) in [6, 6.07) is 6.84. The van der Waals surface area contributed by atoms with Crippen LogP contribution in [0.15, 0.2) is 24.3 Å². The number of nitrogens with one attached hydrogen (secondary N) is 2. The van der Waals surface area contributed by atoms with Gasteiger partial charge in [0.25, 0.3) is 0 Å². The number of halogens is 1. The summed E-state index contributed by atoms with van der Waals surface area (Å²) in [6.07, 6.45) is 1.82. The lowest BCUT2D eigenvalue weighted by Crippen LogP contribution is -2.41. The van der Waals surface area contributed by atoms with E-state index >= 15 is 0 Å². The molecule has 0 aliphatic carbocycles. The van der Waals surface area contributed by atoms with E-state index in [0.717, 1.165) is 31.5 Å². The molecule has 5 heteroatoms. The van der Waals surface area contributed by atoms with E-state index in [0.29, 0.717) is 19.1 Å².